The van der Waals surface area contributed by atoms with Gasteiger partial charge in [0.05, 0.1) is 17.3 Å². The van der Waals surface area contributed by atoms with E-state index in [-0.39, 0.29) is 12.6 Å². The predicted molar refractivity (Wildman–Crippen MR) is 79.6 cm³/mol. The van der Waals surface area contributed by atoms with E-state index < -0.39 is 29.0 Å². The fourth-order valence-electron chi connectivity index (χ4n) is 2.33. The van der Waals surface area contributed by atoms with Crippen molar-refractivity contribution in [1.82, 2.24) is 14.7 Å². The first-order valence-electron chi connectivity index (χ1n) is 7.25. The van der Waals surface area contributed by atoms with Gasteiger partial charge < -0.3 is 4.90 Å². The minimum atomic E-state index is -4.82. The summed E-state index contributed by atoms with van der Waals surface area (Å²) in [5.74, 6) is -1.84. The summed E-state index contributed by atoms with van der Waals surface area (Å²) in [6.07, 6.45) is -1.60. The Bertz CT molecular complexity index is 737. The molecule has 1 aromatic carbocycles. The monoisotopic (exact) mass is 343 g/mol. The fourth-order valence-corrected chi connectivity index (χ4v) is 2.33. The van der Waals surface area contributed by atoms with Gasteiger partial charge in [-0.2, -0.15) is 18.3 Å². The van der Waals surface area contributed by atoms with Gasteiger partial charge in [0.15, 0.2) is 0 Å². The van der Waals surface area contributed by atoms with Crippen molar-refractivity contribution in [3.8, 4) is 0 Å². The summed E-state index contributed by atoms with van der Waals surface area (Å²) < 4.78 is 54.2. The van der Waals surface area contributed by atoms with Gasteiger partial charge in [-0.15, -0.1) is 0 Å². The molecular formula is C16H17F4N3O. The van der Waals surface area contributed by atoms with Crippen LogP contribution in [0.15, 0.2) is 30.6 Å². The van der Waals surface area contributed by atoms with Gasteiger partial charge in [0.1, 0.15) is 5.82 Å². The number of aryl methyl sites for hydroxylation is 1. The third-order valence-corrected chi connectivity index (χ3v) is 3.51. The van der Waals surface area contributed by atoms with E-state index >= 15 is 0 Å². The summed E-state index contributed by atoms with van der Waals surface area (Å²) in [5, 5.41) is 3.98. The number of aromatic nitrogens is 2. The molecule has 0 aliphatic heterocycles. The lowest BCUT2D eigenvalue weighted by atomic mass is 10.0. The van der Waals surface area contributed by atoms with E-state index in [1.165, 1.54) is 15.8 Å². The summed E-state index contributed by atoms with van der Waals surface area (Å²) in [6.45, 7) is 3.51. The van der Waals surface area contributed by atoms with E-state index in [0.717, 1.165) is 12.1 Å². The maximum absolute atomic E-state index is 13.2. The summed E-state index contributed by atoms with van der Waals surface area (Å²) in [4.78, 5) is 13.9. The number of hydrogen-bond acceptors (Lipinski definition) is 2. The minimum absolute atomic E-state index is 0.110. The molecule has 1 aromatic heterocycles. The Morgan fingerprint density at radius 2 is 2.00 bits per heavy atom. The molecule has 1 amide bonds. The van der Waals surface area contributed by atoms with Crippen LogP contribution in [0.25, 0.3) is 0 Å². The van der Waals surface area contributed by atoms with E-state index in [1.807, 2.05) is 0 Å². The summed E-state index contributed by atoms with van der Waals surface area (Å²) in [5.41, 5.74) is -1.15. The molecule has 0 aliphatic rings. The SMILES string of the molecule is CC(C)N(Cc1cnn(C)c1)C(=O)c1ccc(F)cc1C(F)(F)F. The van der Waals surface area contributed by atoms with Crippen molar-refractivity contribution in [2.45, 2.75) is 32.6 Å². The van der Waals surface area contributed by atoms with Crippen LogP contribution in [-0.4, -0.2) is 26.6 Å². The maximum Gasteiger partial charge on any atom is 0.417 e. The fraction of sp³-hybridized carbons (Fsp3) is 0.375. The van der Waals surface area contributed by atoms with Crippen LogP contribution >= 0.6 is 0 Å². The maximum atomic E-state index is 13.2. The molecule has 0 aliphatic carbocycles. The molecule has 0 atom stereocenters. The average Bonchev–Trinajstić information content (AvgIpc) is 2.88. The Morgan fingerprint density at radius 1 is 1.33 bits per heavy atom. The number of halogens is 4. The van der Waals surface area contributed by atoms with Gasteiger partial charge in [-0.05, 0) is 32.0 Å². The lowest BCUT2D eigenvalue weighted by Gasteiger charge is -2.27. The molecule has 130 valence electrons. The lowest BCUT2D eigenvalue weighted by Crippen LogP contribution is -2.37. The molecule has 8 heteroatoms. The van der Waals surface area contributed by atoms with Gasteiger partial charge in [0.2, 0.25) is 0 Å². The lowest BCUT2D eigenvalue weighted by molar-refractivity contribution is -0.138. The molecule has 0 radical (unpaired) electrons. The topological polar surface area (TPSA) is 38.1 Å². The van der Waals surface area contributed by atoms with Crippen LogP contribution in [0.3, 0.4) is 0 Å². The number of nitrogens with zero attached hydrogens (tertiary/aromatic N) is 3. The number of amides is 1. The average molecular weight is 343 g/mol. The Kier molecular flexibility index (Phi) is 4.96. The number of rotatable bonds is 4. The van der Waals surface area contributed by atoms with E-state index in [4.69, 9.17) is 0 Å². The highest BCUT2D eigenvalue weighted by molar-refractivity contribution is 5.96. The third kappa shape index (κ3) is 3.93. The van der Waals surface area contributed by atoms with Crippen molar-refractivity contribution in [2.24, 2.45) is 7.05 Å². The van der Waals surface area contributed by atoms with E-state index in [2.05, 4.69) is 5.10 Å². The van der Waals surface area contributed by atoms with Crippen molar-refractivity contribution < 1.29 is 22.4 Å². The molecule has 2 aromatic rings. The number of benzene rings is 1. The summed E-state index contributed by atoms with van der Waals surface area (Å²) >= 11 is 0. The van der Waals surface area contributed by atoms with Crippen LogP contribution in [0.1, 0.15) is 35.3 Å². The van der Waals surface area contributed by atoms with Crippen LogP contribution < -0.4 is 0 Å². The Balaban J connectivity index is 2.40. The molecule has 2 rings (SSSR count). The number of carbonyl (C=O) groups excluding carboxylic acids is 1. The summed E-state index contributed by atoms with van der Waals surface area (Å²) in [6, 6.07) is 1.73. The van der Waals surface area contributed by atoms with Crippen LogP contribution in [0.5, 0.6) is 0 Å². The second-order valence-corrected chi connectivity index (χ2v) is 5.74. The van der Waals surface area contributed by atoms with Crippen molar-refractivity contribution in [2.75, 3.05) is 0 Å². The van der Waals surface area contributed by atoms with Gasteiger partial charge in [-0.25, -0.2) is 4.39 Å². The van der Waals surface area contributed by atoms with Gasteiger partial charge in [-0.3, -0.25) is 9.48 Å². The normalized spacial score (nSPS) is 11.8. The second-order valence-electron chi connectivity index (χ2n) is 5.74. The highest BCUT2D eigenvalue weighted by atomic mass is 19.4. The Labute approximate surface area is 136 Å². The number of carbonyl (C=O) groups is 1. The van der Waals surface area contributed by atoms with Crippen molar-refractivity contribution in [1.29, 1.82) is 0 Å². The third-order valence-electron chi connectivity index (χ3n) is 3.51. The van der Waals surface area contributed by atoms with Gasteiger partial charge in [-0.1, -0.05) is 0 Å². The quantitative estimate of drug-likeness (QED) is 0.795. The van der Waals surface area contributed by atoms with Crippen LogP contribution in [-0.2, 0) is 19.8 Å². The molecule has 4 nitrogen and oxygen atoms in total. The van der Waals surface area contributed by atoms with Crippen molar-refractivity contribution in [3.63, 3.8) is 0 Å². The summed E-state index contributed by atoms with van der Waals surface area (Å²) in [7, 11) is 1.70. The molecule has 0 N–H and O–H groups in total. The molecular weight excluding hydrogens is 326 g/mol. The van der Waals surface area contributed by atoms with E-state index in [9.17, 15) is 22.4 Å². The van der Waals surface area contributed by atoms with Crippen LogP contribution in [0.4, 0.5) is 17.6 Å². The molecule has 0 bridgehead atoms. The van der Waals surface area contributed by atoms with Gasteiger partial charge in [0.25, 0.3) is 5.91 Å². The first kappa shape index (κ1) is 18.0. The molecule has 0 unspecified atom stereocenters. The molecule has 0 saturated heterocycles. The standard InChI is InChI=1S/C16H17F4N3O/c1-10(2)23(9-11-7-21-22(3)8-11)15(24)13-5-4-12(17)6-14(13)16(18,19)20/h4-8,10H,9H2,1-3H3. The smallest absolute Gasteiger partial charge is 0.332 e. The first-order valence-corrected chi connectivity index (χ1v) is 7.25. The zero-order chi connectivity index (χ0) is 18.1. The highest BCUT2D eigenvalue weighted by Gasteiger charge is 2.37. The molecule has 0 spiro atoms. The Hall–Kier alpha value is -2.38. The van der Waals surface area contributed by atoms with Crippen LogP contribution in [0, 0.1) is 5.82 Å². The van der Waals surface area contributed by atoms with Crippen molar-refractivity contribution in [3.05, 3.63) is 53.1 Å². The highest BCUT2D eigenvalue weighted by Crippen LogP contribution is 2.33. The second kappa shape index (κ2) is 6.62. The predicted octanol–water partition coefficient (Wildman–Crippen LogP) is 3.63. The van der Waals surface area contributed by atoms with E-state index in [1.54, 1.807) is 27.1 Å². The number of alkyl halides is 3. The number of hydrogen-bond donors (Lipinski definition) is 0. The first-order chi connectivity index (χ1) is 11.1. The zero-order valence-electron chi connectivity index (χ0n) is 13.4. The van der Waals surface area contributed by atoms with Crippen LogP contribution in [0.2, 0.25) is 0 Å². The van der Waals surface area contributed by atoms with Gasteiger partial charge >= 0.3 is 6.18 Å². The van der Waals surface area contributed by atoms with Crippen molar-refractivity contribution >= 4 is 5.91 Å². The van der Waals surface area contributed by atoms with E-state index in [0.29, 0.717) is 11.6 Å². The molecule has 1 heterocycles. The molecule has 24 heavy (non-hydrogen) atoms. The molecule has 0 fully saturated rings. The molecule has 0 saturated carbocycles. The largest absolute Gasteiger partial charge is 0.417 e. The minimum Gasteiger partial charge on any atom is -0.332 e. The Morgan fingerprint density at radius 3 is 2.50 bits per heavy atom. The zero-order valence-corrected chi connectivity index (χ0v) is 13.4. The van der Waals surface area contributed by atoms with Gasteiger partial charge in [0, 0.05) is 31.4 Å².